The molecule has 0 spiro atoms. The number of rotatable bonds is 3. The molecule has 0 aliphatic heterocycles. The summed E-state index contributed by atoms with van der Waals surface area (Å²) in [6, 6.07) is 6.15. The molecule has 1 aromatic heterocycles. The first kappa shape index (κ1) is 10.7. The average Bonchev–Trinajstić information content (AvgIpc) is 2.81. The van der Waals surface area contributed by atoms with E-state index in [-0.39, 0.29) is 5.56 Å². The maximum absolute atomic E-state index is 13.6. The summed E-state index contributed by atoms with van der Waals surface area (Å²) < 4.78 is 18.7. The third-order valence-electron chi connectivity index (χ3n) is 2.44. The van der Waals surface area contributed by atoms with Crippen molar-refractivity contribution in [1.29, 1.82) is 0 Å². The van der Waals surface area contributed by atoms with Gasteiger partial charge in [0.15, 0.2) is 0 Å². The second kappa shape index (κ2) is 4.37. The summed E-state index contributed by atoms with van der Waals surface area (Å²) in [6.45, 7) is 0. The van der Waals surface area contributed by atoms with Crippen molar-refractivity contribution in [3.05, 3.63) is 53.6 Å². The molecule has 1 heterocycles. The van der Waals surface area contributed by atoms with Crippen LogP contribution in [0.15, 0.2) is 36.7 Å². The summed E-state index contributed by atoms with van der Waals surface area (Å²) >= 11 is 0. The zero-order valence-electron chi connectivity index (χ0n) is 8.77. The Labute approximate surface area is 92.5 Å². The molecule has 0 aliphatic carbocycles. The lowest BCUT2D eigenvalue weighted by atomic mass is 10.0. The Bertz CT molecular complexity index is 468. The highest BCUT2D eigenvalue weighted by Crippen LogP contribution is 2.31. The van der Waals surface area contributed by atoms with E-state index in [1.807, 2.05) is 0 Å². The Hall–Kier alpha value is -1.81. The Morgan fingerprint density at radius 3 is 2.81 bits per heavy atom. The van der Waals surface area contributed by atoms with Crippen molar-refractivity contribution in [2.45, 2.75) is 6.10 Å². The minimum atomic E-state index is -1.03. The van der Waals surface area contributed by atoms with Crippen LogP contribution in [0, 0.1) is 5.82 Å². The minimum absolute atomic E-state index is 0.157. The van der Waals surface area contributed by atoms with Crippen LogP contribution in [0.2, 0.25) is 0 Å². The molecule has 0 fully saturated rings. The van der Waals surface area contributed by atoms with Crippen LogP contribution in [-0.2, 0) is 0 Å². The predicted molar refractivity (Wildman–Crippen MR) is 57.8 cm³/mol. The van der Waals surface area contributed by atoms with E-state index >= 15 is 0 Å². The molecule has 84 valence electrons. The molecule has 0 bridgehead atoms. The van der Waals surface area contributed by atoms with Crippen LogP contribution in [-0.4, -0.2) is 17.2 Å². The van der Waals surface area contributed by atoms with E-state index in [0.717, 1.165) is 0 Å². The molecule has 3 nitrogen and oxygen atoms in total. The van der Waals surface area contributed by atoms with Crippen molar-refractivity contribution in [3.8, 4) is 5.75 Å². The van der Waals surface area contributed by atoms with Crippen LogP contribution < -0.4 is 4.74 Å². The first-order chi connectivity index (χ1) is 7.74. The molecule has 0 amide bonds. The topological polar surface area (TPSA) is 45.2 Å². The number of hydrogen-bond donors (Lipinski definition) is 2. The van der Waals surface area contributed by atoms with E-state index in [1.165, 1.54) is 13.2 Å². The van der Waals surface area contributed by atoms with Gasteiger partial charge in [-0.1, -0.05) is 6.07 Å². The van der Waals surface area contributed by atoms with Gasteiger partial charge in [0.2, 0.25) is 0 Å². The fraction of sp³-hybridized carbons (Fsp3) is 0.167. The zero-order valence-corrected chi connectivity index (χ0v) is 8.77. The molecule has 2 aromatic rings. The fourth-order valence-corrected chi connectivity index (χ4v) is 1.63. The SMILES string of the molecule is COc1cccc(F)c1C(O)c1cc[nH]c1. The van der Waals surface area contributed by atoms with Crippen LogP contribution in [0.5, 0.6) is 5.75 Å². The molecule has 0 saturated heterocycles. The van der Waals surface area contributed by atoms with E-state index in [4.69, 9.17) is 4.74 Å². The second-order valence-corrected chi connectivity index (χ2v) is 3.40. The van der Waals surface area contributed by atoms with E-state index < -0.39 is 11.9 Å². The first-order valence-electron chi connectivity index (χ1n) is 4.87. The maximum Gasteiger partial charge on any atom is 0.133 e. The normalized spacial score (nSPS) is 12.4. The Morgan fingerprint density at radius 2 is 2.19 bits per heavy atom. The third-order valence-corrected chi connectivity index (χ3v) is 2.44. The van der Waals surface area contributed by atoms with Gasteiger partial charge in [-0.3, -0.25) is 0 Å². The van der Waals surface area contributed by atoms with Gasteiger partial charge in [-0.2, -0.15) is 0 Å². The summed E-state index contributed by atoms with van der Waals surface area (Å²) in [6.07, 6.45) is 2.27. The Kier molecular flexibility index (Phi) is 2.92. The minimum Gasteiger partial charge on any atom is -0.496 e. The molecular weight excluding hydrogens is 209 g/mol. The summed E-state index contributed by atoms with van der Waals surface area (Å²) in [7, 11) is 1.45. The molecule has 2 rings (SSSR count). The number of benzene rings is 1. The number of H-pyrrole nitrogens is 1. The van der Waals surface area contributed by atoms with Gasteiger partial charge in [0.1, 0.15) is 17.7 Å². The number of halogens is 1. The maximum atomic E-state index is 13.6. The molecular formula is C12H12FNO2. The van der Waals surface area contributed by atoms with Crippen molar-refractivity contribution in [1.82, 2.24) is 4.98 Å². The molecule has 1 atom stereocenters. The highest BCUT2D eigenvalue weighted by atomic mass is 19.1. The molecule has 4 heteroatoms. The summed E-state index contributed by atoms with van der Waals surface area (Å²) in [5.41, 5.74) is 0.757. The van der Waals surface area contributed by atoms with Crippen LogP contribution in [0.1, 0.15) is 17.2 Å². The second-order valence-electron chi connectivity index (χ2n) is 3.40. The Morgan fingerprint density at radius 1 is 1.38 bits per heavy atom. The number of aliphatic hydroxyl groups excluding tert-OH is 1. The number of ether oxygens (including phenoxy) is 1. The van der Waals surface area contributed by atoms with Gasteiger partial charge in [-0.15, -0.1) is 0 Å². The molecule has 2 N–H and O–H groups in total. The first-order valence-corrected chi connectivity index (χ1v) is 4.87. The van der Waals surface area contributed by atoms with Crippen molar-refractivity contribution in [2.75, 3.05) is 7.11 Å². The van der Waals surface area contributed by atoms with Crippen LogP contribution in [0.4, 0.5) is 4.39 Å². The molecule has 0 radical (unpaired) electrons. The number of methoxy groups -OCH3 is 1. The van der Waals surface area contributed by atoms with Gasteiger partial charge < -0.3 is 14.8 Å². The smallest absolute Gasteiger partial charge is 0.133 e. The lowest BCUT2D eigenvalue weighted by Crippen LogP contribution is -2.04. The molecule has 0 aliphatic rings. The van der Waals surface area contributed by atoms with Gasteiger partial charge in [-0.25, -0.2) is 4.39 Å². The van der Waals surface area contributed by atoms with Crippen LogP contribution >= 0.6 is 0 Å². The van der Waals surface area contributed by atoms with Gasteiger partial charge in [0, 0.05) is 18.0 Å². The van der Waals surface area contributed by atoms with Crippen molar-refractivity contribution in [2.24, 2.45) is 0 Å². The number of aromatic amines is 1. The van der Waals surface area contributed by atoms with Gasteiger partial charge in [0.05, 0.1) is 12.7 Å². The average molecular weight is 221 g/mol. The fourth-order valence-electron chi connectivity index (χ4n) is 1.63. The zero-order chi connectivity index (χ0) is 11.5. The van der Waals surface area contributed by atoms with Crippen molar-refractivity contribution < 1.29 is 14.2 Å². The highest BCUT2D eigenvalue weighted by Gasteiger charge is 2.19. The number of nitrogens with one attached hydrogen (secondary N) is 1. The van der Waals surface area contributed by atoms with Crippen molar-refractivity contribution in [3.63, 3.8) is 0 Å². The summed E-state index contributed by atoms with van der Waals surface area (Å²) in [4.78, 5) is 2.81. The molecule has 0 saturated carbocycles. The largest absolute Gasteiger partial charge is 0.496 e. The number of hydrogen-bond acceptors (Lipinski definition) is 2. The lowest BCUT2D eigenvalue weighted by molar-refractivity contribution is 0.209. The van der Waals surface area contributed by atoms with Gasteiger partial charge in [0.25, 0.3) is 0 Å². The number of aliphatic hydroxyl groups is 1. The third kappa shape index (κ3) is 1.79. The molecule has 16 heavy (non-hydrogen) atoms. The summed E-state index contributed by atoms with van der Waals surface area (Å²) in [5.74, 6) is -0.137. The van der Waals surface area contributed by atoms with Crippen LogP contribution in [0.3, 0.4) is 0 Å². The number of aromatic nitrogens is 1. The van der Waals surface area contributed by atoms with E-state index in [0.29, 0.717) is 11.3 Å². The molecule has 1 aromatic carbocycles. The monoisotopic (exact) mass is 221 g/mol. The summed E-state index contributed by atoms with van der Waals surface area (Å²) in [5, 5.41) is 10.0. The van der Waals surface area contributed by atoms with E-state index in [1.54, 1.807) is 30.6 Å². The van der Waals surface area contributed by atoms with Gasteiger partial charge in [-0.05, 0) is 18.2 Å². The van der Waals surface area contributed by atoms with E-state index in [2.05, 4.69) is 4.98 Å². The van der Waals surface area contributed by atoms with Crippen LogP contribution in [0.25, 0.3) is 0 Å². The predicted octanol–water partition coefficient (Wildman–Crippen LogP) is 2.24. The van der Waals surface area contributed by atoms with E-state index in [9.17, 15) is 9.50 Å². The highest BCUT2D eigenvalue weighted by molar-refractivity contribution is 5.40. The quantitative estimate of drug-likeness (QED) is 0.834. The molecule has 1 unspecified atom stereocenters. The standard InChI is InChI=1S/C12H12FNO2/c1-16-10-4-2-3-9(13)11(10)12(15)8-5-6-14-7-8/h2-7,12,14-15H,1H3. The van der Waals surface area contributed by atoms with Gasteiger partial charge >= 0.3 is 0 Å². The lowest BCUT2D eigenvalue weighted by Gasteiger charge is -2.14. The Balaban J connectivity index is 2.47. The van der Waals surface area contributed by atoms with Crippen molar-refractivity contribution >= 4 is 0 Å².